The molecule has 0 N–H and O–H groups in total. The van der Waals surface area contributed by atoms with Crippen LogP contribution < -0.4 is 0 Å². The Hall–Kier alpha value is -1.12. The van der Waals surface area contributed by atoms with Crippen LogP contribution in [0.3, 0.4) is 0 Å². The topological polar surface area (TPSA) is 57.7 Å². The molecule has 0 radical (unpaired) electrons. The molecular formula is C18H17BrCl2N2O3S. The second-order valence-electron chi connectivity index (χ2n) is 6.13. The van der Waals surface area contributed by atoms with Crippen LogP contribution in [0.25, 0.3) is 0 Å². The molecule has 1 heterocycles. The van der Waals surface area contributed by atoms with Crippen molar-refractivity contribution in [1.82, 2.24) is 9.21 Å². The molecule has 0 bridgehead atoms. The van der Waals surface area contributed by atoms with E-state index in [4.69, 9.17) is 23.2 Å². The maximum absolute atomic E-state index is 12.8. The summed E-state index contributed by atoms with van der Waals surface area (Å²) in [7, 11) is -3.60. The monoisotopic (exact) mass is 490 g/mol. The highest BCUT2D eigenvalue weighted by molar-refractivity contribution is 9.10. The fourth-order valence-corrected chi connectivity index (χ4v) is 5.77. The number of rotatable bonds is 4. The number of hydrogen-bond donors (Lipinski definition) is 0. The van der Waals surface area contributed by atoms with E-state index >= 15 is 0 Å². The molecule has 27 heavy (non-hydrogen) atoms. The summed E-state index contributed by atoms with van der Waals surface area (Å²) in [5.41, 5.74) is 0.703. The highest BCUT2D eigenvalue weighted by Gasteiger charge is 2.31. The van der Waals surface area contributed by atoms with Crippen molar-refractivity contribution in [3.63, 3.8) is 0 Å². The molecule has 1 aliphatic rings. The predicted molar refractivity (Wildman–Crippen MR) is 110 cm³/mol. The average Bonchev–Trinajstić information content (AvgIpc) is 2.64. The first kappa shape index (κ1) is 20.6. The highest BCUT2D eigenvalue weighted by atomic mass is 79.9. The summed E-state index contributed by atoms with van der Waals surface area (Å²) in [5, 5.41) is 0.966. The number of nitrogens with zero attached hydrogens (tertiary/aromatic N) is 2. The van der Waals surface area contributed by atoms with Crippen molar-refractivity contribution in [3.05, 3.63) is 62.5 Å². The zero-order valence-corrected chi connectivity index (χ0v) is 18.2. The second-order valence-corrected chi connectivity index (χ2v) is 9.73. The summed E-state index contributed by atoms with van der Waals surface area (Å²) in [4.78, 5) is 14.4. The van der Waals surface area contributed by atoms with Gasteiger partial charge >= 0.3 is 0 Å². The van der Waals surface area contributed by atoms with Crippen molar-refractivity contribution < 1.29 is 13.2 Å². The van der Waals surface area contributed by atoms with Crippen molar-refractivity contribution >= 4 is 55.1 Å². The molecule has 0 aromatic heterocycles. The van der Waals surface area contributed by atoms with Crippen LogP contribution >= 0.6 is 39.1 Å². The summed E-state index contributed by atoms with van der Waals surface area (Å²) in [6.07, 6.45) is 0.160. The maximum atomic E-state index is 12.8. The Morgan fingerprint density at radius 2 is 1.70 bits per heavy atom. The molecule has 1 aliphatic heterocycles. The Kier molecular flexibility index (Phi) is 6.48. The molecule has 2 aromatic carbocycles. The third kappa shape index (κ3) is 4.66. The minimum Gasteiger partial charge on any atom is -0.340 e. The number of amides is 1. The van der Waals surface area contributed by atoms with Crippen molar-refractivity contribution in [2.75, 3.05) is 26.2 Å². The lowest BCUT2D eigenvalue weighted by atomic mass is 10.1. The van der Waals surface area contributed by atoms with Crippen LogP contribution in [0.1, 0.15) is 5.56 Å². The SMILES string of the molecule is O=C(Cc1ccc(Cl)cc1Cl)N1CCN(S(=O)(=O)c2ccccc2Br)CC1. The predicted octanol–water partition coefficient (Wildman–Crippen LogP) is 3.83. The normalized spacial score (nSPS) is 15.7. The Morgan fingerprint density at radius 1 is 1.04 bits per heavy atom. The molecule has 5 nitrogen and oxygen atoms in total. The molecule has 0 spiro atoms. The average molecular weight is 492 g/mol. The number of carbonyl (C=O) groups is 1. The van der Waals surface area contributed by atoms with E-state index in [2.05, 4.69) is 15.9 Å². The Bertz CT molecular complexity index is 961. The lowest BCUT2D eigenvalue weighted by molar-refractivity contribution is -0.131. The molecule has 1 saturated heterocycles. The Labute approximate surface area is 177 Å². The molecule has 3 rings (SSSR count). The van der Waals surface area contributed by atoms with Crippen LogP contribution in [0, 0.1) is 0 Å². The highest BCUT2D eigenvalue weighted by Crippen LogP contribution is 2.26. The van der Waals surface area contributed by atoms with Gasteiger partial charge in [0.25, 0.3) is 0 Å². The number of carbonyl (C=O) groups excluding carboxylic acids is 1. The van der Waals surface area contributed by atoms with Gasteiger partial charge < -0.3 is 4.90 Å². The van der Waals surface area contributed by atoms with E-state index in [1.54, 1.807) is 47.4 Å². The molecule has 0 aliphatic carbocycles. The van der Waals surface area contributed by atoms with E-state index < -0.39 is 10.0 Å². The van der Waals surface area contributed by atoms with E-state index in [-0.39, 0.29) is 30.3 Å². The van der Waals surface area contributed by atoms with Crippen molar-refractivity contribution in [1.29, 1.82) is 0 Å². The second kappa shape index (κ2) is 8.49. The zero-order chi connectivity index (χ0) is 19.6. The van der Waals surface area contributed by atoms with Gasteiger partial charge in [0.2, 0.25) is 15.9 Å². The van der Waals surface area contributed by atoms with Gasteiger partial charge in [0.05, 0.1) is 11.3 Å². The maximum Gasteiger partial charge on any atom is 0.244 e. The molecule has 2 aromatic rings. The van der Waals surface area contributed by atoms with E-state index in [0.717, 1.165) is 0 Å². The van der Waals surface area contributed by atoms with Gasteiger partial charge in [-0.05, 0) is 45.8 Å². The smallest absolute Gasteiger partial charge is 0.244 e. The first-order valence-corrected chi connectivity index (χ1v) is 11.2. The van der Waals surface area contributed by atoms with Gasteiger partial charge in [-0.1, -0.05) is 41.4 Å². The van der Waals surface area contributed by atoms with Crippen LogP contribution in [0.4, 0.5) is 0 Å². The molecule has 0 unspecified atom stereocenters. The molecule has 9 heteroatoms. The lowest BCUT2D eigenvalue weighted by Crippen LogP contribution is -2.50. The quantitative estimate of drug-likeness (QED) is 0.653. The van der Waals surface area contributed by atoms with E-state index in [9.17, 15) is 13.2 Å². The minimum absolute atomic E-state index is 0.0860. The molecule has 1 amide bonds. The number of benzene rings is 2. The van der Waals surface area contributed by atoms with Gasteiger partial charge in [0.15, 0.2) is 0 Å². The Balaban J connectivity index is 1.65. The largest absolute Gasteiger partial charge is 0.340 e. The summed E-state index contributed by atoms with van der Waals surface area (Å²) < 4.78 is 27.6. The zero-order valence-electron chi connectivity index (χ0n) is 14.2. The third-order valence-corrected chi connectivity index (χ3v) is 7.90. The van der Waals surface area contributed by atoms with Crippen molar-refractivity contribution in [2.45, 2.75) is 11.3 Å². The molecule has 0 saturated carbocycles. The number of halogens is 3. The first-order chi connectivity index (χ1) is 12.8. The number of piperazine rings is 1. The first-order valence-electron chi connectivity index (χ1n) is 8.25. The number of sulfonamides is 1. The minimum atomic E-state index is -3.60. The third-order valence-electron chi connectivity index (χ3n) is 4.40. The van der Waals surface area contributed by atoms with Crippen LogP contribution in [-0.4, -0.2) is 49.7 Å². The van der Waals surface area contributed by atoms with Gasteiger partial charge in [0.1, 0.15) is 0 Å². The Morgan fingerprint density at radius 3 is 2.33 bits per heavy atom. The van der Waals surface area contributed by atoms with Gasteiger partial charge in [-0.3, -0.25) is 4.79 Å². The van der Waals surface area contributed by atoms with Crippen LogP contribution in [0.15, 0.2) is 51.8 Å². The van der Waals surface area contributed by atoms with Crippen molar-refractivity contribution in [3.8, 4) is 0 Å². The van der Waals surface area contributed by atoms with Crippen molar-refractivity contribution in [2.24, 2.45) is 0 Å². The van der Waals surface area contributed by atoms with E-state index in [1.165, 1.54) is 4.31 Å². The number of hydrogen-bond acceptors (Lipinski definition) is 3. The summed E-state index contributed by atoms with van der Waals surface area (Å²) in [6, 6.07) is 11.7. The van der Waals surface area contributed by atoms with E-state index in [1.807, 2.05) is 0 Å². The molecule has 1 fully saturated rings. The summed E-state index contributed by atoms with van der Waals surface area (Å²) in [5.74, 6) is -0.0860. The lowest BCUT2D eigenvalue weighted by Gasteiger charge is -2.34. The molecule has 144 valence electrons. The van der Waals surface area contributed by atoms with Crippen LogP contribution in [0.5, 0.6) is 0 Å². The summed E-state index contributed by atoms with van der Waals surface area (Å²) in [6.45, 7) is 1.19. The van der Waals surface area contributed by atoms with Crippen LogP contribution in [-0.2, 0) is 21.2 Å². The van der Waals surface area contributed by atoms with E-state index in [0.29, 0.717) is 33.2 Å². The fourth-order valence-electron chi connectivity index (χ4n) is 2.91. The standard InChI is InChI=1S/C18H17BrCl2N2O3S/c19-15-3-1-2-4-17(15)27(25,26)23-9-7-22(8-10-23)18(24)11-13-5-6-14(20)12-16(13)21/h1-6,12H,7-11H2. The van der Waals surface area contributed by atoms with Gasteiger partial charge in [-0.15, -0.1) is 0 Å². The molecule has 0 atom stereocenters. The summed E-state index contributed by atoms with van der Waals surface area (Å²) >= 11 is 15.3. The van der Waals surface area contributed by atoms with Gasteiger partial charge in [0, 0.05) is 40.7 Å². The molecular weight excluding hydrogens is 475 g/mol. The fraction of sp³-hybridized carbons (Fsp3) is 0.278. The van der Waals surface area contributed by atoms with Crippen LogP contribution in [0.2, 0.25) is 10.0 Å². The van der Waals surface area contributed by atoms with Gasteiger partial charge in [-0.25, -0.2) is 8.42 Å². The van der Waals surface area contributed by atoms with Gasteiger partial charge in [-0.2, -0.15) is 4.31 Å².